The molecule has 0 saturated carbocycles. The fourth-order valence-corrected chi connectivity index (χ4v) is 2.04. The van der Waals surface area contributed by atoms with Crippen LogP contribution in [0.1, 0.15) is 47.5 Å². The van der Waals surface area contributed by atoms with E-state index in [9.17, 15) is 0 Å². The van der Waals surface area contributed by atoms with Gasteiger partial charge in [-0.25, -0.2) is 0 Å². The van der Waals surface area contributed by atoms with Crippen LogP contribution in [-0.4, -0.2) is 12.6 Å². The van der Waals surface area contributed by atoms with Crippen LogP contribution in [0.3, 0.4) is 0 Å². The highest BCUT2D eigenvalue weighted by molar-refractivity contribution is 4.94. The molecule has 0 bridgehead atoms. The van der Waals surface area contributed by atoms with E-state index in [0.717, 1.165) is 0 Å². The lowest BCUT2D eigenvalue weighted by atomic mass is 9.70. The average Bonchev–Trinajstić information content (AvgIpc) is 1.90. The zero-order valence-corrected chi connectivity index (χ0v) is 8.91. The van der Waals surface area contributed by atoms with E-state index in [0.29, 0.717) is 11.0 Å². The molecule has 0 rings (SSSR count). The van der Waals surface area contributed by atoms with Crippen LogP contribution in [0.4, 0.5) is 0 Å². The Morgan fingerprint density at radius 2 is 1.36 bits per heavy atom. The number of hydrogen-bond acceptors (Lipinski definition) is 1. The summed E-state index contributed by atoms with van der Waals surface area (Å²) in [6.07, 6.45) is 2.40. The molecule has 0 aliphatic rings. The Kier molecular flexibility index (Phi) is 3.56. The smallest absolute Gasteiger partial charge is 0.0221 e. The van der Waals surface area contributed by atoms with Gasteiger partial charge in [0.05, 0.1) is 0 Å². The van der Waals surface area contributed by atoms with Gasteiger partial charge in [-0.2, -0.15) is 0 Å². The topological polar surface area (TPSA) is 12.0 Å². The average molecular weight is 157 g/mol. The summed E-state index contributed by atoms with van der Waals surface area (Å²) < 4.78 is 0. The van der Waals surface area contributed by atoms with Crippen molar-refractivity contribution in [3.63, 3.8) is 0 Å². The summed E-state index contributed by atoms with van der Waals surface area (Å²) in [6.45, 7) is 11.4. The quantitative estimate of drug-likeness (QED) is 0.664. The Labute approximate surface area is 71.6 Å². The van der Waals surface area contributed by atoms with Gasteiger partial charge in [-0.3, -0.25) is 0 Å². The zero-order valence-electron chi connectivity index (χ0n) is 8.91. The maximum Gasteiger partial charge on any atom is 0.0221 e. The van der Waals surface area contributed by atoms with Crippen molar-refractivity contribution in [1.29, 1.82) is 0 Å². The van der Waals surface area contributed by atoms with E-state index in [-0.39, 0.29) is 0 Å². The fraction of sp³-hybridized carbons (Fsp3) is 1.00. The number of rotatable bonds is 3. The predicted octanol–water partition coefficient (Wildman–Crippen LogP) is 2.81. The largest absolute Gasteiger partial charge is 0.314 e. The summed E-state index contributed by atoms with van der Waals surface area (Å²) in [6, 6.07) is 0. The molecule has 0 radical (unpaired) electrons. The van der Waals surface area contributed by atoms with E-state index in [1.807, 2.05) is 0 Å². The maximum absolute atomic E-state index is 3.45. The van der Waals surface area contributed by atoms with Crippen LogP contribution in [0.2, 0.25) is 0 Å². The molecule has 0 amide bonds. The molecule has 1 nitrogen and oxygen atoms in total. The van der Waals surface area contributed by atoms with Crippen molar-refractivity contribution >= 4 is 0 Å². The lowest BCUT2D eigenvalue weighted by Crippen LogP contribution is -2.52. The van der Waals surface area contributed by atoms with E-state index in [4.69, 9.17) is 0 Å². The lowest BCUT2D eigenvalue weighted by Gasteiger charge is -2.44. The third-order valence-corrected chi connectivity index (χ3v) is 3.12. The van der Waals surface area contributed by atoms with Crippen LogP contribution in [0.25, 0.3) is 0 Å². The van der Waals surface area contributed by atoms with E-state index < -0.39 is 0 Å². The molecule has 1 N–H and O–H groups in total. The van der Waals surface area contributed by atoms with Gasteiger partial charge in [-0.05, 0) is 25.3 Å². The normalized spacial score (nSPS) is 13.6. The molecule has 0 fully saturated rings. The van der Waals surface area contributed by atoms with Crippen molar-refractivity contribution in [3.8, 4) is 0 Å². The SMILES string of the molecule is CCC(CC)(NC)C(C)(C)C. The summed E-state index contributed by atoms with van der Waals surface area (Å²) >= 11 is 0. The molecule has 68 valence electrons. The Morgan fingerprint density at radius 3 is 1.36 bits per heavy atom. The lowest BCUT2D eigenvalue weighted by molar-refractivity contribution is 0.135. The van der Waals surface area contributed by atoms with E-state index in [2.05, 4.69) is 47.0 Å². The predicted molar refractivity (Wildman–Crippen MR) is 51.8 cm³/mol. The second-order valence-corrected chi connectivity index (χ2v) is 4.29. The molecule has 0 heterocycles. The van der Waals surface area contributed by atoms with Crippen molar-refractivity contribution in [2.75, 3.05) is 7.05 Å². The third-order valence-electron chi connectivity index (χ3n) is 3.12. The van der Waals surface area contributed by atoms with Gasteiger partial charge in [-0.15, -0.1) is 0 Å². The summed E-state index contributed by atoms with van der Waals surface area (Å²) in [5, 5.41) is 3.45. The zero-order chi connectivity index (χ0) is 9.12. The molecular formula is C10H23N. The summed E-state index contributed by atoms with van der Waals surface area (Å²) in [4.78, 5) is 0. The first-order valence-corrected chi connectivity index (χ1v) is 4.62. The van der Waals surface area contributed by atoms with Crippen LogP contribution in [-0.2, 0) is 0 Å². The summed E-state index contributed by atoms with van der Waals surface area (Å²) in [5.74, 6) is 0. The Hall–Kier alpha value is -0.0400. The van der Waals surface area contributed by atoms with E-state index in [1.54, 1.807) is 0 Å². The molecule has 0 aliphatic carbocycles. The fourth-order valence-electron chi connectivity index (χ4n) is 2.04. The summed E-state index contributed by atoms with van der Waals surface area (Å²) in [7, 11) is 2.07. The molecule has 0 unspecified atom stereocenters. The first-order chi connectivity index (χ1) is 4.93. The molecule has 1 heteroatoms. The van der Waals surface area contributed by atoms with Gasteiger partial charge >= 0.3 is 0 Å². The van der Waals surface area contributed by atoms with Gasteiger partial charge in [0, 0.05) is 5.54 Å². The molecule has 0 atom stereocenters. The van der Waals surface area contributed by atoms with E-state index >= 15 is 0 Å². The van der Waals surface area contributed by atoms with Crippen molar-refractivity contribution in [1.82, 2.24) is 5.32 Å². The van der Waals surface area contributed by atoms with Crippen molar-refractivity contribution < 1.29 is 0 Å². The Balaban J connectivity index is 4.54. The molecule has 0 aliphatic heterocycles. The molecule has 0 aromatic rings. The van der Waals surface area contributed by atoms with Crippen LogP contribution >= 0.6 is 0 Å². The van der Waals surface area contributed by atoms with Crippen molar-refractivity contribution in [2.45, 2.75) is 53.0 Å². The Bertz CT molecular complexity index is 98.3. The van der Waals surface area contributed by atoms with Crippen molar-refractivity contribution in [3.05, 3.63) is 0 Å². The maximum atomic E-state index is 3.45. The van der Waals surface area contributed by atoms with Crippen LogP contribution in [0, 0.1) is 5.41 Å². The highest BCUT2D eigenvalue weighted by Crippen LogP contribution is 2.35. The molecule has 0 saturated heterocycles. The first kappa shape index (κ1) is 11.0. The summed E-state index contributed by atoms with van der Waals surface area (Å²) in [5.41, 5.74) is 0.665. The van der Waals surface area contributed by atoms with Gasteiger partial charge < -0.3 is 5.32 Å². The highest BCUT2D eigenvalue weighted by Gasteiger charge is 2.36. The standard InChI is InChI=1S/C10H23N/c1-7-10(8-2,11-6)9(3,4)5/h11H,7-8H2,1-6H3. The van der Waals surface area contributed by atoms with Gasteiger partial charge in [-0.1, -0.05) is 34.6 Å². The van der Waals surface area contributed by atoms with Crippen LogP contribution < -0.4 is 5.32 Å². The minimum Gasteiger partial charge on any atom is -0.314 e. The number of nitrogens with one attached hydrogen (secondary N) is 1. The van der Waals surface area contributed by atoms with Gasteiger partial charge in [0.25, 0.3) is 0 Å². The van der Waals surface area contributed by atoms with Gasteiger partial charge in [0.2, 0.25) is 0 Å². The van der Waals surface area contributed by atoms with Crippen LogP contribution in [0.5, 0.6) is 0 Å². The molecule has 0 aromatic heterocycles. The van der Waals surface area contributed by atoms with Gasteiger partial charge in [0.1, 0.15) is 0 Å². The molecule has 0 spiro atoms. The molecular weight excluding hydrogens is 134 g/mol. The minimum atomic E-state index is 0.312. The van der Waals surface area contributed by atoms with Crippen molar-refractivity contribution in [2.24, 2.45) is 5.41 Å². The monoisotopic (exact) mass is 157 g/mol. The first-order valence-electron chi connectivity index (χ1n) is 4.62. The van der Waals surface area contributed by atoms with Crippen LogP contribution in [0.15, 0.2) is 0 Å². The number of hydrogen-bond donors (Lipinski definition) is 1. The Morgan fingerprint density at radius 1 is 1.00 bits per heavy atom. The third kappa shape index (κ3) is 1.96. The van der Waals surface area contributed by atoms with E-state index in [1.165, 1.54) is 12.8 Å². The highest BCUT2D eigenvalue weighted by atomic mass is 15.0. The second-order valence-electron chi connectivity index (χ2n) is 4.29. The molecule has 0 aromatic carbocycles. The minimum absolute atomic E-state index is 0.312. The second kappa shape index (κ2) is 3.57. The molecule has 11 heavy (non-hydrogen) atoms. The van der Waals surface area contributed by atoms with Gasteiger partial charge in [0.15, 0.2) is 0 Å².